The first-order chi connectivity index (χ1) is 21.8. The lowest BCUT2D eigenvalue weighted by atomic mass is 9.74. The Bertz CT molecular complexity index is 1330. The van der Waals surface area contributed by atoms with Crippen molar-refractivity contribution in [1.29, 1.82) is 0 Å². The maximum Gasteiger partial charge on any atom is 0.313 e. The molecule has 1 aromatic carbocycles. The fourth-order valence-corrected chi connectivity index (χ4v) is 7.27. The highest BCUT2D eigenvalue weighted by Crippen LogP contribution is 2.57. The van der Waals surface area contributed by atoms with Crippen LogP contribution in [-0.4, -0.2) is 126 Å². The molecule has 0 aliphatic carbocycles. The Kier molecular flexibility index (Phi) is 9.36. The van der Waals surface area contributed by atoms with E-state index in [0.717, 1.165) is 13.1 Å². The van der Waals surface area contributed by atoms with Crippen LogP contribution in [0.25, 0.3) is 0 Å². The van der Waals surface area contributed by atoms with Crippen molar-refractivity contribution in [2.75, 3.05) is 59.1 Å². The molecule has 1 aromatic rings. The number of carbonyl (C=O) groups excluding carboxylic acids is 4. The van der Waals surface area contributed by atoms with E-state index in [0.29, 0.717) is 38.3 Å². The molecule has 5 aliphatic rings. The molecule has 12 nitrogen and oxygen atoms in total. The summed E-state index contributed by atoms with van der Waals surface area (Å²) in [4.78, 5) is 60.9. The van der Waals surface area contributed by atoms with Gasteiger partial charge in [-0.05, 0) is 18.9 Å². The molecule has 45 heavy (non-hydrogen) atoms. The summed E-state index contributed by atoms with van der Waals surface area (Å²) in [7, 11) is 0. The molecule has 5 aliphatic heterocycles. The molecular weight excluding hydrogens is 580 g/mol. The molecule has 0 unspecified atom stereocenters. The predicted octanol–water partition coefficient (Wildman–Crippen LogP) is 0.429. The number of likely N-dealkylation sites (tertiary alicyclic amines) is 1. The number of cyclic esters (lactones) is 1. The van der Waals surface area contributed by atoms with Crippen LogP contribution < -0.4 is 5.32 Å². The molecule has 6 rings (SSSR count). The Morgan fingerprint density at radius 2 is 1.82 bits per heavy atom. The van der Waals surface area contributed by atoms with Gasteiger partial charge in [0.05, 0.1) is 44.4 Å². The number of benzene rings is 1. The largest absolute Gasteiger partial charge is 0.460 e. The number of nitrogens with zero attached hydrogens (tertiary/aromatic N) is 3. The van der Waals surface area contributed by atoms with Crippen LogP contribution in [0.15, 0.2) is 54.6 Å². The molecule has 242 valence electrons. The molecule has 5 bridgehead atoms. The average Bonchev–Trinajstić information content (AvgIpc) is 3.69. The monoisotopic (exact) mass is 622 g/mol. The van der Waals surface area contributed by atoms with Crippen LogP contribution in [0.3, 0.4) is 0 Å². The molecule has 1 spiro atoms. The van der Waals surface area contributed by atoms with Crippen molar-refractivity contribution >= 4 is 23.7 Å². The Labute approximate surface area is 262 Å². The third-order valence-corrected chi connectivity index (χ3v) is 9.55. The zero-order valence-corrected chi connectivity index (χ0v) is 25.6. The Morgan fingerprint density at radius 3 is 2.58 bits per heavy atom. The van der Waals surface area contributed by atoms with Crippen molar-refractivity contribution in [2.24, 2.45) is 11.8 Å². The number of aliphatic hydroxyl groups is 1. The van der Waals surface area contributed by atoms with E-state index in [1.807, 2.05) is 42.5 Å². The van der Waals surface area contributed by atoms with Crippen LogP contribution in [-0.2, 0) is 33.4 Å². The third kappa shape index (κ3) is 6.04. The number of fused-ring (bicyclic) bond motifs is 2. The van der Waals surface area contributed by atoms with Crippen LogP contribution >= 0.6 is 0 Å². The van der Waals surface area contributed by atoms with Gasteiger partial charge < -0.3 is 34.4 Å². The van der Waals surface area contributed by atoms with E-state index in [1.165, 1.54) is 4.90 Å². The Balaban J connectivity index is 1.40. The summed E-state index contributed by atoms with van der Waals surface area (Å²) < 4.78 is 17.8. The van der Waals surface area contributed by atoms with Gasteiger partial charge in [0, 0.05) is 39.1 Å². The molecule has 0 saturated carbocycles. The van der Waals surface area contributed by atoms with E-state index in [-0.39, 0.29) is 31.3 Å². The summed E-state index contributed by atoms with van der Waals surface area (Å²) in [5.74, 6) is -3.54. The summed E-state index contributed by atoms with van der Waals surface area (Å²) >= 11 is 0. The fourth-order valence-electron chi connectivity index (χ4n) is 7.27. The molecule has 3 fully saturated rings. The molecule has 7 atom stereocenters. The Hall–Kier alpha value is -3.58. The molecular formula is C33H42N4O8. The molecule has 12 heteroatoms. The van der Waals surface area contributed by atoms with Crippen LogP contribution in [0, 0.1) is 11.8 Å². The third-order valence-electron chi connectivity index (χ3n) is 9.55. The van der Waals surface area contributed by atoms with Gasteiger partial charge in [0.25, 0.3) is 0 Å². The molecule has 0 radical (unpaired) electrons. The van der Waals surface area contributed by atoms with Crippen molar-refractivity contribution in [2.45, 2.75) is 49.7 Å². The van der Waals surface area contributed by atoms with Gasteiger partial charge in [-0.1, -0.05) is 54.6 Å². The van der Waals surface area contributed by atoms with Gasteiger partial charge in [0.2, 0.25) is 17.7 Å². The lowest BCUT2D eigenvalue weighted by Gasteiger charge is -2.39. The molecule has 3 saturated heterocycles. The minimum Gasteiger partial charge on any atom is -0.460 e. The topological polar surface area (TPSA) is 138 Å². The van der Waals surface area contributed by atoms with Crippen LogP contribution in [0.5, 0.6) is 0 Å². The summed E-state index contributed by atoms with van der Waals surface area (Å²) in [5, 5.41) is 13.5. The summed E-state index contributed by atoms with van der Waals surface area (Å²) in [6, 6.07) is 7.15. The second-order valence-electron chi connectivity index (χ2n) is 12.4. The summed E-state index contributed by atoms with van der Waals surface area (Å²) in [6.07, 6.45) is 6.61. The highest BCUT2D eigenvalue weighted by atomic mass is 16.6. The molecule has 3 amide bonds. The molecule has 2 N–H and O–H groups in total. The van der Waals surface area contributed by atoms with Gasteiger partial charge in [0.1, 0.15) is 23.7 Å². The normalized spacial score (nSPS) is 34.0. The van der Waals surface area contributed by atoms with Gasteiger partial charge in [-0.25, -0.2) is 0 Å². The lowest BCUT2D eigenvalue weighted by Crippen LogP contribution is -2.57. The van der Waals surface area contributed by atoms with Gasteiger partial charge in [-0.15, -0.1) is 0 Å². The van der Waals surface area contributed by atoms with Crippen LogP contribution in [0.1, 0.15) is 31.4 Å². The highest BCUT2D eigenvalue weighted by molar-refractivity contribution is 5.99. The smallest absolute Gasteiger partial charge is 0.313 e. The number of carbonyl (C=O) groups is 4. The van der Waals surface area contributed by atoms with Gasteiger partial charge in [-0.2, -0.15) is 0 Å². The molecule has 0 aromatic heterocycles. The standard InChI is InChI=1S/C33H42N4O8/c1-22-20-34-26(39)10-6-3-7-13-36(15-14-35-16-18-43-19-17-35)31(41)29-33-12-11-25(45-33)27(32(42)44-22)28(33)30(40)37(29)24(21-38)23-8-4-2-5-9-23/h2-5,7-9,11-12,22,24-25,27-29,38H,6,10,13-21H2,1H3,(H,34,39)/b7-3-/t22-,24-,25+,27-,28-,29+,33-/m1/s1. The number of aliphatic hydroxyl groups excluding tert-OH is 1. The van der Waals surface area contributed by atoms with Crippen LogP contribution in [0.2, 0.25) is 0 Å². The fraction of sp³-hybridized carbons (Fsp3) is 0.576. The summed E-state index contributed by atoms with van der Waals surface area (Å²) in [5.41, 5.74) is -0.733. The van der Waals surface area contributed by atoms with Crippen molar-refractivity contribution in [3.63, 3.8) is 0 Å². The average molecular weight is 623 g/mol. The van der Waals surface area contributed by atoms with Gasteiger partial charge in [-0.3, -0.25) is 24.1 Å². The minimum atomic E-state index is -1.41. The van der Waals surface area contributed by atoms with Crippen molar-refractivity contribution in [1.82, 2.24) is 20.0 Å². The first kappa shape index (κ1) is 31.4. The van der Waals surface area contributed by atoms with E-state index in [4.69, 9.17) is 14.2 Å². The number of nitrogens with one attached hydrogen (secondary N) is 1. The highest BCUT2D eigenvalue weighted by Gasteiger charge is 2.74. The number of rotatable bonds is 6. The number of hydrogen-bond acceptors (Lipinski definition) is 9. The van der Waals surface area contributed by atoms with E-state index < -0.39 is 60.2 Å². The number of hydrogen-bond donors (Lipinski definition) is 2. The van der Waals surface area contributed by atoms with E-state index >= 15 is 0 Å². The lowest BCUT2D eigenvalue weighted by molar-refractivity contribution is -0.159. The number of ether oxygens (including phenoxy) is 3. The second-order valence-corrected chi connectivity index (χ2v) is 12.4. The Morgan fingerprint density at radius 1 is 1.04 bits per heavy atom. The maximum absolute atomic E-state index is 14.9. The summed E-state index contributed by atoms with van der Waals surface area (Å²) in [6.45, 7) is 5.40. The minimum absolute atomic E-state index is 0.134. The number of morpholine rings is 1. The SMILES string of the molecule is C[C@@H]1CNC(=O)CC/C=C\CN(CCN2CCOCC2)C(=O)[C@@H]2N([C@H](CO)c3ccccc3)C(=O)[C@H]3[C@H](C(=O)O1)[C@@H]1C=C[C@]23O1. The molecule has 5 heterocycles. The zero-order chi connectivity index (χ0) is 31.6. The van der Waals surface area contributed by atoms with Crippen molar-refractivity contribution < 1.29 is 38.5 Å². The second kappa shape index (κ2) is 13.4. The van der Waals surface area contributed by atoms with E-state index in [9.17, 15) is 24.3 Å². The van der Waals surface area contributed by atoms with Crippen molar-refractivity contribution in [3.8, 4) is 0 Å². The van der Waals surface area contributed by atoms with Crippen molar-refractivity contribution in [3.05, 3.63) is 60.2 Å². The zero-order valence-electron chi connectivity index (χ0n) is 25.6. The number of amides is 3. The maximum atomic E-state index is 14.9. The van der Waals surface area contributed by atoms with Crippen LogP contribution in [0.4, 0.5) is 0 Å². The van der Waals surface area contributed by atoms with E-state index in [1.54, 1.807) is 24.0 Å². The number of esters is 1. The van der Waals surface area contributed by atoms with Gasteiger partial charge >= 0.3 is 5.97 Å². The predicted molar refractivity (Wildman–Crippen MR) is 161 cm³/mol. The van der Waals surface area contributed by atoms with Gasteiger partial charge in [0.15, 0.2) is 0 Å². The number of allylic oxidation sites excluding steroid dienone is 1. The van der Waals surface area contributed by atoms with E-state index in [2.05, 4.69) is 10.2 Å². The first-order valence-electron chi connectivity index (χ1n) is 15.9. The first-order valence-corrected chi connectivity index (χ1v) is 15.9. The quantitative estimate of drug-likeness (QED) is 0.342.